The second-order valence-electron chi connectivity index (χ2n) is 7.07. The maximum Gasteiger partial charge on any atom is 0.238 e. The molecular formula is C19H22BrN7O. The quantitative estimate of drug-likeness (QED) is 0.539. The highest BCUT2D eigenvalue weighted by Crippen LogP contribution is 2.40. The Labute approximate surface area is 171 Å². The van der Waals surface area contributed by atoms with Crippen molar-refractivity contribution in [2.75, 3.05) is 17.2 Å². The summed E-state index contributed by atoms with van der Waals surface area (Å²) < 4.78 is 2.77. The van der Waals surface area contributed by atoms with E-state index in [1.54, 1.807) is 0 Å². The van der Waals surface area contributed by atoms with Crippen LogP contribution >= 0.6 is 15.9 Å². The van der Waals surface area contributed by atoms with E-state index in [1.807, 2.05) is 36.0 Å². The highest BCUT2D eigenvalue weighted by molar-refractivity contribution is 9.10. The van der Waals surface area contributed by atoms with E-state index in [-0.39, 0.29) is 11.9 Å². The van der Waals surface area contributed by atoms with Crippen LogP contribution in [0.4, 0.5) is 11.6 Å². The minimum atomic E-state index is -0.520. The molecule has 146 valence electrons. The average molecular weight is 444 g/mol. The highest BCUT2D eigenvalue weighted by atomic mass is 79.9. The molecule has 1 unspecified atom stereocenters. The van der Waals surface area contributed by atoms with Gasteiger partial charge in [-0.1, -0.05) is 22.9 Å². The number of hydrogen-bond donors (Lipinski definition) is 3. The first-order chi connectivity index (χ1) is 13.5. The third-order valence-electron chi connectivity index (χ3n) is 4.61. The van der Waals surface area contributed by atoms with Gasteiger partial charge in [0.25, 0.3) is 0 Å². The summed E-state index contributed by atoms with van der Waals surface area (Å²) in [5, 5.41) is 11.5. The normalized spacial score (nSPS) is 16.9. The molecule has 0 spiro atoms. The molecule has 1 aromatic carbocycles. The molecule has 3 heterocycles. The lowest BCUT2D eigenvalue weighted by atomic mass is 9.95. The number of nitrogens with two attached hydrogens (primary N) is 1. The van der Waals surface area contributed by atoms with Gasteiger partial charge in [-0.2, -0.15) is 10.1 Å². The molecule has 0 fully saturated rings. The van der Waals surface area contributed by atoms with Gasteiger partial charge in [-0.25, -0.2) is 4.98 Å². The second-order valence-corrected chi connectivity index (χ2v) is 7.99. The largest absolute Gasteiger partial charge is 0.353 e. The smallest absolute Gasteiger partial charge is 0.238 e. The summed E-state index contributed by atoms with van der Waals surface area (Å²) in [6, 6.07) is 5.71. The fourth-order valence-electron chi connectivity index (χ4n) is 3.37. The minimum Gasteiger partial charge on any atom is -0.353 e. The Hall–Kier alpha value is -2.52. The van der Waals surface area contributed by atoms with Crippen LogP contribution in [0.5, 0.6) is 0 Å². The van der Waals surface area contributed by atoms with Crippen molar-refractivity contribution in [1.29, 1.82) is 0 Å². The molecule has 0 saturated carbocycles. The molecule has 0 bridgehead atoms. The van der Waals surface area contributed by atoms with E-state index >= 15 is 0 Å². The van der Waals surface area contributed by atoms with Crippen LogP contribution in [0.2, 0.25) is 0 Å². The van der Waals surface area contributed by atoms with E-state index in [0.29, 0.717) is 23.8 Å². The molecule has 0 aliphatic carbocycles. The van der Waals surface area contributed by atoms with Gasteiger partial charge in [0.05, 0.1) is 11.1 Å². The van der Waals surface area contributed by atoms with Gasteiger partial charge < -0.3 is 16.4 Å². The summed E-state index contributed by atoms with van der Waals surface area (Å²) in [6.07, 6.45) is 2.87. The Bertz CT molecular complexity index is 1050. The number of aryl methyl sites for hydroxylation is 1. The lowest BCUT2D eigenvalue weighted by Gasteiger charge is -2.13. The molecule has 0 radical (unpaired) electrons. The number of anilines is 2. The zero-order valence-electron chi connectivity index (χ0n) is 15.7. The van der Waals surface area contributed by atoms with Crippen molar-refractivity contribution in [3.8, 4) is 0 Å². The Kier molecular flexibility index (Phi) is 5.03. The first-order valence-corrected chi connectivity index (χ1v) is 10.1. The second kappa shape index (κ2) is 7.48. The third-order valence-corrected chi connectivity index (χ3v) is 5.10. The number of nitrogens with one attached hydrogen (secondary N) is 2. The molecule has 0 saturated heterocycles. The summed E-state index contributed by atoms with van der Waals surface area (Å²) in [4.78, 5) is 22.1. The Morgan fingerprint density at radius 2 is 2.21 bits per heavy atom. The van der Waals surface area contributed by atoms with Crippen LogP contribution in [0.25, 0.3) is 11.0 Å². The fraction of sp³-hybridized carbons (Fsp3) is 0.368. The Morgan fingerprint density at radius 1 is 1.39 bits per heavy atom. The number of hydrogen-bond acceptors (Lipinski definition) is 6. The third kappa shape index (κ3) is 3.47. The molecule has 3 aromatic rings. The number of nitrogens with zero attached hydrogens (tertiary/aromatic N) is 4. The number of rotatable bonds is 6. The van der Waals surface area contributed by atoms with Crippen molar-refractivity contribution in [3.05, 3.63) is 40.1 Å². The molecule has 8 nitrogen and oxygen atoms in total. The monoisotopic (exact) mass is 443 g/mol. The first kappa shape index (κ1) is 18.8. The topological polar surface area (TPSA) is 111 Å². The fourth-order valence-corrected chi connectivity index (χ4v) is 3.75. The predicted molar refractivity (Wildman–Crippen MR) is 112 cm³/mol. The van der Waals surface area contributed by atoms with Gasteiger partial charge in [0.2, 0.25) is 11.9 Å². The van der Waals surface area contributed by atoms with Crippen molar-refractivity contribution in [3.63, 3.8) is 0 Å². The molecule has 28 heavy (non-hydrogen) atoms. The number of carbonyl (C=O) groups is 1. The highest BCUT2D eigenvalue weighted by Gasteiger charge is 2.35. The SMILES string of the molecule is CCCn1cc2c(C3C(=O)Nc4ccc(Br)cc43)nc(NC[C@@H](C)N)nc2n1. The summed E-state index contributed by atoms with van der Waals surface area (Å²) in [6.45, 7) is 5.30. The van der Waals surface area contributed by atoms with Gasteiger partial charge in [-0.05, 0) is 37.1 Å². The number of aromatic nitrogens is 4. The first-order valence-electron chi connectivity index (χ1n) is 9.31. The average Bonchev–Trinajstić information content (AvgIpc) is 3.19. The molecule has 9 heteroatoms. The van der Waals surface area contributed by atoms with Crippen molar-refractivity contribution in [2.45, 2.75) is 38.8 Å². The molecule has 2 aromatic heterocycles. The van der Waals surface area contributed by atoms with Gasteiger partial charge in [0.15, 0.2) is 5.65 Å². The molecule has 4 rings (SSSR count). The number of benzene rings is 1. The van der Waals surface area contributed by atoms with Crippen LogP contribution in [0, 0.1) is 0 Å². The van der Waals surface area contributed by atoms with Gasteiger partial charge in [-0.15, -0.1) is 0 Å². The molecule has 2 atom stereocenters. The van der Waals surface area contributed by atoms with Crippen LogP contribution < -0.4 is 16.4 Å². The van der Waals surface area contributed by atoms with Gasteiger partial charge in [-0.3, -0.25) is 9.48 Å². The summed E-state index contributed by atoms with van der Waals surface area (Å²) in [5.41, 5.74) is 8.76. The molecular weight excluding hydrogens is 422 g/mol. The van der Waals surface area contributed by atoms with Crippen LogP contribution in [-0.4, -0.2) is 38.2 Å². The van der Waals surface area contributed by atoms with E-state index in [2.05, 4.69) is 43.6 Å². The van der Waals surface area contributed by atoms with Crippen molar-refractivity contribution >= 4 is 44.5 Å². The minimum absolute atomic E-state index is 0.0492. The standard InChI is InChI=1S/C19H22BrN7O/c1-3-6-27-9-13-16(24-19(22-8-10(2)21)25-17(13)26-27)15-12-7-11(20)4-5-14(12)23-18(15)28/h4-5,7,9-10,15H,3,6,8,21H2,1-2H3,(H,23,28)(H,22,25,26)/t10-,15?/m1/s1. The Balaban J connectivity index is 1.87. The number of amides is 1. The van der Waals surface area contributed by atoms with Gasteiger partial charge >= 0.3 is 0 Å². The number of halogens is 1. The van der Waals surface area contributed by atoms with Crippen molar-refractivity contribution in [1.82, 2.24) is 19.7 Å². The molecule has 1 aliphatic rings. The van der Waals surface area contributed by atoms with E-state index in [4.69, 9.17) is 10.7 Å². The van der Waals surface area contributed by atoms with E-state index < -0.39 is 5.92 Å². The molecule has 1 aliphatic heterocycles. The summed E-state index contributed by atoms with van der Waals surface area (Å²) >= 11 is 3.50. The predicted octanol–water partition coefficient (Wildman–Crippen LogP) is 2.84. The van der Waals surface area contributed by atoms with E-state index in [1.165, 1.54) is 0 Å². The molecule has 4 N–H and O–H groups in total. The van der Waals surface area contributed by atoms with E-state index in [0.717, 1.165) is 34.1 Å². The van der Waals surface area contributed by atoms with Crippen LogP contribution in [0.15, 0.2) is 28.9 Å². The van der Waals surface area contributed by atoms with Gasteiger partial charge in [0.1, 0.15) is 5.92 Å². The Morgan fingerprint density at radius 3 is 2.96 bits per heavy atom. The molecule has 1 amide bonds. The zero-order chi connectivity index (χ0) is 19.8. The lowest BCUT2D eigenvalue weighted by Crippen LogP contribution is -2.26. The number of fused-ring (bicyclic) bond motifs is 2. The zero-order valence-corrected chi connectivity index (χ0v) is 17.3. The summed E-state index contributed by atoms with van der Waals surface area (Å²) in [7, 11) is 0. The van der Waals surface area contributed by atoms with Gasteiger partial charge in [0, 0.05) is 35.5 Å². The maximum absolute atomic E-state index is 12.8. The number of carbonyl (C=O) groups excluding carboxylic acids is 1. The van der Waals surface area contributed by atoms with Crippen LogP contribution in [0.3, 0.4) is 0 Å². The van der Waals surface area contributed by atoms with Crippen LogP contribution in [0.1, 0.15) is 37.4 Å². The van der Waals surface area contributed by atoms with Crippen molar-refractivity contribution in [2.24, 2.45) is 5.73 Å². The van der Waals surface area contributed by atoms with E-state index in [9.17, 15) is 4.79 Å². The van der Waals surface area contributed by atoms with Crippen LogP contribution in [-0.2, 0) is 11.3 Å². The van der Waals surface area contributed by atoms with Crippen molar-refractivity contribution < 1.29 is 4.79 Å². The lowest BCUT2D eigenvalue weighted by molar-refractivity contribution is -0.116. The maximum atomic E-state index is 12.8. The summed E-state index contributed by atoms with van der Waals surface area (Å²) in [5.74, 6) is -0.194.